The zero-order valence-electron chi connectivity index (χ0n) is 42.4. The zero-order chi connectivity index (χ0) is 47.6. The lowest BCUT2D eigenvalue weighted by molar-refractivity contribution is -0.129. The molecule has 1 heterocycles. The van der Waals surface area contributed by atoms with Gasteiger partial charge < -0.3 is 28.2 Å². The number of ketones is 1. The van der Waals surface area contributed by atoms with Crippen molar-refractivity contribution in [2.45, 2.75) is 183 Å². The SMILES string of the molecule is C=CCOC(=O)OC/C=C(\C)C[C@H](C)[C@@H](O[Si](C)(C)C(C)(C)C)[C@H](C)C(=O)[C@@H](/C=C(C)/C=C/C[C@@H](C)/C=C(\C=C\[C@@H]1OC(O)C=C[C@@H]1C)CC)CO[Si](C(C)C)(C(C)C)C(C)C. The Balaban J connectivity index is 3.56. The number of rotatable bonds is 26. The number of ether oxygens (including phenoxy) is 3. The summed E-state index contributed by atoms with van der Waals surface area (Å²) in [6.45, 7) is 43.8. The Morgan fingerprint density at radius 1 is 0.903 bits per heavy atom. The predicted octanol–water partition coefficient (Wildman–Crippen LogP) is 14.0. The van der Waals surface area contributed by atoms with Crippen LogP contribution in [0.3, 0.4) is 0 Å². The van der Waals surface area contributed by atoms with Crippen LogP contribution in [0.5, 0.6) is 0 Å². The highest BCUT2D eigenvalue weighted by atomic mass is 28.4. The number of hydrogen-bond acceptors (Lipinski definition) is 8. The van der Waals surface area contributed by atoms with E-state index in [4.69, 9.17) is 23.1 Å². The van der Waals surface area contributed by atoms with E-state index in [-0.39, 0.29) is 48.1 Å². The van der Waals surface area contributed by atoms with Crippen LogP contribution in [0.2, 0.25) is 34.8 Å². The lowest BCUT2D eigenvalue weighted by Crippen LogP contribution is -2.51. The largest absolute Gasteiger partial charge is 0.508 e. The van der Waals surface area contributed by atoms with Gasteiger partial charge in [-0.25, -0.2) is 4.79 Å². The van der Waals surface area contributed by atoms with E-state index in [0.717, 1.165) is 24.0 Å². The molecule has 1 aliphatic heterocycles. The number of aliphatic hydroxyl groups is 1. The molecule has 0 radical (unpaired) electrons. The Morgan fingerprint density at radius 3 is 2.05 bits per heavy atom. The van der Waals surface area contributed by atoms with Crippen LogP contribution in [-0.4, -0.2) is 72.0 Å². The summed E-state index contributed by atoms with van der Waals surface area (Å²) in [6.07, 6.45) is 20.4. The van der Waals surface area contributed by atoms with Crippen molar-refractivity contribution in [2.24, 2.45) is 29.6 Å². The fourth-order valence-electron chi connectivity index (χ4n) is 8.52. The predicted molar refractivity (Wildman–Crippen MR) is 265 cm³/mol. The first-order valence-electron chi connectivity index (χ1n) is 23.4. The summed E-state index contributed by atoms with van der Waals surface area (Å²) in [5, 5.41) is 9.88. The van der Waals surface area contributed by atoms with Gasteiger partial charge in [-0.15, -0.1) is 0 Å². The molecule has 0 spiro atoms. The van der Waals surface area contributed by atoms with Crippen LogP contribution < -0.4 is 0 Å². The molecule has 0 aromatic carbocycles. The van der Waals surface area contributed by atoms with E-state index in [1.807, 2.05) is 26.0 Å². The molecule has 0 saturated carbocycles. The lowest BCUT2D eigenvalue weighted by atomic mass is 9.82. The normalized spacial score (nSPS) is 21.2. The third-order valence-electron chi connectivity index (χ3n) is 13.1. The topological polar surface area (TPSA) is 101 Å². The van der Waals surface area contributed by atoms with Gasteiger partial charge in [0.15, 0.2) is 22.9 Å². The van der Waals surface area contributed by atoms with Gasteiger partial charge in [0.2, 0.25) is 0 Å². The van der Waals surface area contributed by atoms with E-state index in [1.54, 1.807) is 6.08 Å². The first kappa shape index (κ1) is 57.4. The molecular weight excluding hydrogens is 809 g/mol. The summed E-state index contributed by atoms with van der Waals surface area (Å²) in [7, 11) is -4.60. The Labute approximate surface area is 381 Å². The van der Waals surface area contributed by atoms with E-state index in [9.17, 15) is 9.90 Å². The molecule has 1 rings (SSSR count). The minimum Gasteiger partial charge on any atom is -0.430 e. The number of aliphatic hydroxyl groups excluding tert-OH is 1. The molecule has 8 nitrogen and oxygen atoms in total. The van der Waals surface area contributed by atoms with Gasteiger partial charge in [-0.1, -0.05) is 169 Å². The quantitative estimate of drug-likeness (QED) is 0.0397. The van der Waals surface area contributed by atoms with Crippen molar-refractivity contribution in [2.75, 3.05) is 19.8 Å². The van der Waals surface area contributed by atoms with Gasteiger partial charge >= 0.3 is 6.16 Å². The molecule has 1 unspecified atom stereocenters. The Bertz CT molecular complexity index is 1550. The molecule has 0 aliphatic carbocycles. The van der Waals surface area contributed by atoms with Crippen LogP contribution in [0, 0.1) is 29.6 Å². The Morgan fingerprint density at radius 2 is 1.50 bits per heavy atom. The molecule has 0 amide bonds. The smallest absolute Gasteiger partial charge is 0.430 e. The molecule has 8 atom stereocenters. The summed E-state index contributed by atoms with van der Waals surface area (Å²) in [6, 6.07) is 0. The van der Waals surface area contributed by atoms with Gasteiger partial charge in [-0.3, -0.25) is 4.79 Å². The standard InChI is InChI=1S/C52H90O8Si2/c1-20-30-56-51(55)57-31-29-41(11)32-43(13)50(60-61(18,19)52(15,16)17)44(14)49(54)46(35-58-62(36(3)4,37(5)6)38(7)8)34-40(10)24-22-23-39(9)33-45(21-2)26-27-47-42(12)25-28-48(53)59-47/h20,22,24-29,33-34,36-39,42-44,46-48,50,53H,1,21,23,30-32,35H2,2-19H3/b24-22+,27-26+,40-34+,41-29+,45-33-/t39-,42+,43+,44-,46+,47+,48?,50-/m1/s1. The average Bonchev–Trinajstić information content (AvgIpc) is 3.17. The Kier molecular flexibility index (Phi) is 25.0. The second-order valence-corrected chi connectivity index (χ2v) is 30.6. The van der Waals surface area contributed by atoms with Gasteiger partial charge in [-0.2, -0.15) is 0 Å². The zero-order valence-corrected chi connectivity index (χ0v) is 44.4. The van der Waals surface area contributed by atoms with Crippen LogP contribution in [0.15, 0.2) is 84.1 Å². The van der Waals surface area contributed by atoms with Crippen molar-refractivity contribution < 1.29 is 37.8 Å². The third-order valence-corrected chi connectivity index (χ3v) is 23.6. The molecule has 1 aliphatic rings. The molecule has 1 N–H and O–H groups in total. The van der Waals surface area contributed by atoms with Crippen molar-refractivity contribution in [1.82, 2.24) is 0 Å². The van der Waals surface area contributed by atoms with Crippen molar-refractivity contribution in [3.63, 3.8) is 0 Å². The monoisotopic (exact) mass is 899 g/mol. The summed E-state index contributed by atoms with van der Waals surface area (Å²) in [4.78, 5) is 27.0. The van der Waals surface area contributed by atoms with Crippen molar-refractivity contribution in [1.29, 1.82) is 0 Å². The lowest BCUT2D eigenvalue weighted by Gasteiger charge is -2.44. The summed E-state index contributed by atoms with van der Waals surface area (Å²) in [5.41, 5.74) is 4.48. The number of allylic oxidation sites excluding steroid dienone is 7. The van der Waals surface area contributed by atoms with Crippen LogP contribution in [-0.2, 0) is 27.9 Å². The first-order valence-corrected chi connectivity index (χ1v) is 28.5. The summed E-state index contributed by atoms with van der Waals surface area (Å²) in [5.74, 6) is -0.210. The molecule has 0 saturated heterocycles. The van der Waals surface area contributed by atoms with Crippen LogP contribution in [0.1, 0.15) is 130 Å². The van der Waals surface area contributed by atoms with Crippen molar-refractivity contribution in [3.05, 3.63) is 84.1 Å². The van der Waals surface area contributed by atoms with Crippen molar-refractivity contribution >= 4 is 28.6 Å². The molecule has 0 bridgehead atoms. The second-order valence-electron chi connectivity index (χ2n) is 20.4. The van der Waals surface area contributed by atoms with E-state index >= 15 is 4.79 Å². The average molecular weight is 899 g/mol. The number of carbonyl (C=O) groups is 2. The summed E-state index contributed by atoms with van der Waals surface area (Å²) < 4.78 is 30.3. The highest BCUT2D eigenvalue weighted by Gasteiger charge is 2.47. The molecular formula is C52H90O8Si2. The highest BCUT2D eigenvalue weighted by molar-refractivity contribution is 6.77. The van der Waals surface area contributed by atoms with Gasteiger partial charge in [0.1, 0.15) is 19.0 Å². The van der Waals surface area contributed by atoms with Crippen LogP contribution in [0.25, 0.3) is 0 Å². The number of carbonyl (C=O) groups excluding carboxylic acids is 2. The third kappa shape index (κ3) is 18.5. The van der Waals surface area contributed by atoms with E-state index in [1.165, 1.54) is 11.6 Å². The van der Waals surface area contributed by atoms with Crippen LogP contribution >= 0.6 is 0 Å². The van der Waals surface area contributed by atoms with Gasteiger partial charge in [0.25, 0.3) is 0 Å². The maximum Gasteiger partial charge on any atom is 0.508 e. The van der Waals surface area contributed by atoms with Gasteiger partial charge in [0, 0.05) is 18.4 Å². The summed E-state index contributed by atoms with van der Waals surface area (Å²) >= 11 is 0. The van der Waals surface area contributed by atoms with E-state index in [0.29, 0.717) is 35.6 Å². The highest BCUT2D eigenvalue weighted by Crippen LogP contribution is 2.44. The number of hydrogen-bond donors (Lipinski definition) is 1. The minimum absolute atomic E-state index is 0.00784. The maximum atomic E-state index is 15.1. The number of Topliss-reactive ketones (excluding diaryl/α,β-unsaturated/α-hetero) is 1. The molecule has 354 valence electrons. The second kappa shape index (κ2) is 27.0. The maximum absolute atomic E-state index is 15.1. The fourth-order valence-corrected chi connectivity index (χ4v) is 15.5. The first-order chi connectivity index (χ1) is 28.7. The van der Waals surface area contributed by atoms with E-state index in [2.05, 4.69) is 153 Å². The molecule has 10 heteroatoms. The Hall–Kier alpha value is -2.61. The van der Waals surface area contributed by atoms with Crippen LogP contribution in [0.4, 0.5) is 4.79 Å². The minimum atomic E-state index is -2.31. The van der Waals surface area contributed by atoms with E-state index < -0.39 is 40.9 Å². The molecule has 0 aromatic heterocycles. The fraction of sp³-hybridized carbons (Fsp3) is 0.692. The van der Waals surface area contributed by atoms with Gasteiger partial charge in [-0.05, 0) is 91.9 Å². The van der Waals surface area contributed by atoms with Gasteiger partial charge in [0.05, 0.1) is 18.1 Å². The molecule has 62 heavy (non-hydrogen) atoms. The molecule has 0 aromatic rings. The molecule has 0 fully saturated rings. The van der Waals surface area contributed by atoms with Crippen molar-refractivity contribution in [3.8, 4) is 0 Å².